The Morgan fingerprint density at radius 3 is 2.48 bits per heavy atom. The fourth-order valence-corrected chi connectivity index (χ4v) is 3.23. The molecule has 2 aromatic rings. The summed E-state index contributed by atoms with van der Waals surface area (Å²) >= 11 is 1.53. The summed E-state index contributed by atoms with van der Waals surface area (Å²) in [5.74, 6) is -0.168. The van der Waals surface area contributed by atoms with Gasteiger partial charge in [0.2, 0.25) is 0 Å². The third-order valence-corrected chi connectivity index (χ3v) is 4.51. The summed E-state index contributed by atoms with van der Waals surface area (Å²) in [7, 11) is 0. The summed E-state index contributed by atoms with van der Waals surface area (Å²) in [6, 6.07) is 9.86. The van der Waals surface area contributed by atoms with Gasteiger partial charge < -0.3 is 15.3 Å². The maximum Gasteiger partial charge on any atom is 0.251 e. The van der Waals surface area contributed by atoms with Crippen molar-refractivity contribution in [1.82, 2.24) is 5.32 Å². The fourth-order valence-electron chi connectivity index (χ4n) is 2.52. The number of carbonyl (C=O) groups is 1. The van der Waals surface area contributed by atoms with E-state index in [1.54, 1.807) is 0 Å². The number of nitrogens with zero attached hydrogens (tertiary/aromatic N) is 1. The van der Waals surface area contributed by atoms with Gasteiger partial charge in [0.25, 0.3) is 5.91 Å². The van der Waals surface area contributed by atoms with E-state index in [-0.39, 0.29) is 12.5 Å². The van der Waals surface area contributed by atoms with Gasteiger partial charge in [-0.15, -0.1) is 0 Å². The number of thiophene rings is 1. The van der Waals surface area contributed by atoms with Crippen LogP contribution in [0.4, 0.5) is 5.69 Å². The molecule has 0 spiro atoms. The highest BCUT2D eigenvalue weighted by atomic mass is 32.1. The van der Waals surface area contributed by atoms with Crippen molar-refractivity contribution < 1.29 is 9.90 Å². The standard InChI is InChI=1S/C18H24N2O2S/c1-4-20(13(2)3)16-7-5-14(6-8-16)18(22)19-11-17(21)15-9-10-23-12-15/h5-10,12-13,17,21H,4,11H2,1-3H3,(H,19,22). The second-order valence-electron chi connectivity index (χ2n) is 5.71. The van der Waals surface area contributed by atoms with E-state index in [1.165, 1.54) is 11.3 Å². The Morgan fingerprint density at radius 2 is 1.96 bits per heavy atom. The van der Waals surface area contributed by atoms with Crippen LogP contribution in [0.1, 0.15) is 42.8 Å². The van der Waals surface area contributed by atoms with Crippen LogP contribution in [0.5, 0.6) is 0 Å². The van der Waals surface area contributed by atoms with Crippen LogP contribution in [0, 0.1) is 0 Å². The predicted molar refractivity (Wildman–Crippen MR) is 96.2 cm³/mol. The van der Waals surface area contributed by atoms with E-state index in [9.17, 15) is 9.90 Å². The van der Waals surface area contributed by atoms with Gasteiger partial charge in [0.1, 0.15) is 0 Å². The van der Waals surface area contributed by atoms with Gasteiger partial charge in [-0.05, 0) is 67.4 Å². The quantitative estimate of drug-likeness (QED) is 0.816. The van der Waals surface area contributed by atoms with E-state index in [0.717, 1.165) is 17.8 Å². The summed E-state index contributed by atoms with van der Waals surface area (Å²) < 4.78 is 0. The molecule has 0 aliphatic carbocycles. The Labute approximate surface area is 141 Å². The molecule has 1 amide bonds. The molecule has 1 atom stereocenters. The molecular weight excluding hydrogens is 308 g/mol. The van der Waals surface area contributed by atoms with Gasteiger partial charge in [0.15, 0.2) is 0 Å². The average molecular weight is 332 g/mol. The van der Waals surface area contributed by atoms with Crippen LogP contribution in [-0.4, -0.2) is 30.1 Å². The van der Waals surface area contributed by atoms with Gasteiger partial charge in [-0.25, -0.2) is 0 Å². The molecule has 1 heterocycles. The van der Waals surface area contributed by atoms with Gasteiger partial charge in [-0.3, -0.25) is 4.79 Å². The highest BCUT2D eigenvalue weighted by Crippen LogP contribution is 2.18. The minimum Gasteiger partial charge on any atom is -0.387 e. The minimum atomic E-state index is -0.666. The zero-order valence-electron chi connectivity index (χ0n) is 13.8. The predicted octanol–water partition coefficient (Wildman–Crippen LogP) is 3.45. The first-order valence-electron chi connectivity index (χ1n) is 7.88. The highest BCUT2D eigenvalue weighted by Gasteiger charge is 2.12. The molecule has 0 saturated carbocycles. The third-order valence-electron chi connectivity index (χ3n) is 3.81. The van der Waals surface area contributed by atoms with Crippen molar-refractivity contribution in [3.8, 4) is 0 Å². The number of benzene rings is 1. The fraction of sp³-hybridized carbons (Fsp3) is 0.389. The largest absolute Gasteiger partial charge is 0.387 e. The first-order valence-corrected chi connectivity index (χ1v) is 8.82. The Morgan fingerprint density at radius 1 is 1.26 bits per heavy atom. The highest BCUT2D eigenvalue weighted by molar-refractivity contribution is 7.07. The van der Waals surface area contributed by atoms with Crippen molar-refractivity contribution in [2.24, 2.45) is 0 Å². The van der Waals surface area contributed by atoms with Gasteiger partial charge in [0.05, 0.1) is 6.10 Å². The Balaban J connectivity index is 1.95. The SMILES string of the molecule is CCN(c1ccc(C(=O)NCC(O)c2ccsc2)cc1)C(C)C. The lowest BCUT2D eigenvalue weighted by Crippen LogP contribution is -2.30. The molecule has 0 aliphatic heterocycles. The van der Waals surface area contributed by atoms with Crippen LogP contribution < -0.4 is 10.2 Å². The lowest BCUT2D eigenvalue weighted by Gasteiger charge is -2.27. The number of aliphatic hydroxyl groups excluding tert-OH is 1. The molecule has 0 radical (unpaired) electrons. The number of anilines is 1. The maximum absolute atomic E-state index is 12.2. The summed E-state index contributed by atoms with van der Waals surface area (Å²) in [5, 5.41) is 16.6. The number of nitrogens with one attached hydrogen (secondary N) is 1. The third kappa shape index (κ3) is 4.56. The molecule has 0 saturated heterocycles. The zero-order valence-corrected chi connectivity index (χ0v) is 14.6. The molecule has 5 heteroatoms. The number of hydrogen-bond donors (Lipinski definition) is 2. The molecule has 23 heavy (non-hydrogen) atoms. The van der Waals surface area contributed by atoms with Crippen LogP contribution >= 0.6 is 11.3 Å². The van der Waals surface area contributed by atoms with Gasteiger partial charge in [-0.2, -0.15) is 11.3 Å². The van der Waals surface area contributed by atoms with Crippen LogP contribution in [0.3, 0.4) is 0 Å². The van der Waals surface area contributed by atoms with E-state index in [2.05, 4.69) is 31.0 Å². The number of hydrogen-bond acceptors (Lipinski definition) is 4. The van der Waals surface area contributed by atoms with Crippen molar-refractivity contribution in [2.75, 3.05) is 18.0 Å². The molecule has 4 nitrogen and oxygen atoms in total. The second-order valence-corrected chi connectivity index (χ2v) is 6.49. The molecule has 1 unspecified atom stereocenters. The molecule has 2 rings (SSSR count). The van der Waals surface area contributed by atoms with Crippen molar-refractivity contribution in [3.05, 3.63) is 52.2 Å². The van der Waals surface area contributed by atoms with Crippen molar-refractivity contribution in [3.63, 3.8) is 0 Å². The number of amides is 1. The van der Waals surface area contributed by atoms with Crippen LogP contribution in [0.25, 0.3) is 0 Å². The number of carbonyl (C=O) groups excluding carboxylic acids is 1. The Kier molecular flexibility index (Phi) is 6.19. The molecular formula is C18H24N2O2S. The summed E-state index contributed by atoms with van der Waals surface area (Å²) in [4.78, 5) is 14.4. The Bertz CT molecular complexity index is 608. The Hall–Kier alpha value is -1.85. The lowest BCUT2D eigenvalue weighted by atomic mass is 10.1. The topological polar surface area (TPSA) is 52.6 Å². The van der Waals surface area contributed by atoms with E-state index >= 15 is 0 Å². The smallest absolute Gasteiger partial charge is 0.251 e. The molecule has 0 bridgehead atoms. The minimum absolute atomic E-state index is 0.168. The summed E-state index contributed by atoms with van der Waals surface area (Å²) in [6.07, 6.45) is -0.666. The maximum atomic E-state index is 12.2. The number of aliphatic hydroxyl groups is 1. The molecule has 0 fully saturated rings. The molecule has 124 valence electrons. The summed E-state index contributed by atoms with van der Waals surface area (Å²) in [5.41, 5.74) is 2.55. The van der Waals surface area contributed by atoms with Crippen LogP contribution in [-0.2, 0) is 0 Å². The normalized spacial score (nSPS) is 12.2. The lowest BCUT2D eigenvalue weighted by molar-refractivity contribution is 0.0916. The van der Waals surface area contributed by atoms with Gasteiger partial charge in [-0.1, -0.05) is 0 Å². The molecule has 2 N–H and O–H groups in total. The van der Waals surface area contributed by atoms with Crippen molar-refractivity contribution >= 4 is 22.9 Å². The average Bonchev–Trinajstić information content (AvgIpc) is 3.08. The summed E-state index contributed by atoms with van der Waals surface area (Å²) in [6.45, 7) is 7.55. The van der Waals surface area contributed by atoms with Crippen LogP contribution in [0.2, 0.25) is 0 Å². The van der Waals surface area contributed by atoms with Crippen molar-refractivity contribution in [1.29, 1.82) is 0 Å². The van der Waals surface area contributed by atoms with Crippen LogP contribution in [0.15, 0.2) is 41.1 Å². The first-order chi connectivity index (χ1) is 11.0. The number of rotatable bonds is 7. The second kappa shape index (κ2) is 8.13. The molecule has 0 aliphatic rings. The van der Waals surface area contributed by atoms with E-state index in [0.29, 0.717) is 11.6 Å². The van der Waals surface area contributed by atoms with E-state index < -0.39 is 6.10 Å². The first kappa shape index (κ1) is 17.5. The van der Waals surface area contributed by atoms with Gasteiger partial charge >= 0.3 is 0 Å². The van der Waals surface area contributed by atoms with Crippen molar-refractivity contribution in [2.45, 2.75) is 32.9 Å². The van der Waals surface area contributed by atoms with E-state index in [1.807, 2.05) is 41.1 Å². The molecule has 1 aromatic heterocycles. The monoisotopic (exact) mass is 332 g/mol. The van der Waals surface area contributed by atoms with Gasteiger partial charge in [0, 0.05) is 30.4 Å². The zero-order chi connectivity index (χ0) is 16.8. The van der Waals surface area contributed by atoms with E-state index in [4.69, 9.17) is 0 Å². The molecule has 1 aromatic carbocycles.